The van der Waals surface area contributed by atoms with Crippen molar-refractivity contribution in [3.8, 4) is 5.75 Å². The molecule has 0 aliphatic carbocycles. The highest BCUT2D eigenvalue weighted by Crippen LogP contribution is 2.21. The van der Waals surface area contributed by atoms with Gasteiger partial charge in [0.2, 0.25) is 0 Å². The summed E-state index contributed by atoms with van der Waals surface area (Å²) in [5.41, 5.74) is 0.0305. The standard InChI is InChI=1S/C14H20N2O4/c1-3-4-5-8-16(2)14(20)15-12-7-6-10(17)9-11(12)13(18)19/h6-7,9,17H,3-5,8H2,1-2H3,(H,15,20)(H,18,19). The summed E-state index contributed by atoms with van der Waals surface area (Å²) in [6.07, 6.45) is 3.01. The summed E-state index contributed by atoms with van der Waals surface area (Å²) in [6, 6.07) is 3.44. The molecule has 0 saturated heterocycles. The molecule has 0 bridgehead atoms. The molecule has 0 atom stereocenters. The van der Waals surface area contributed by atoms with E-state index in [2.05, 4.69) is 12.2 Å². The fourth-order valence-corrected chi connectivity index (χ4v) is 1.73. The van der Waals surface area contributed by atoms with Crippen LogP contribution in [0.4, 0.5) is 10.5 Å². The number of hydrogen-bond donors (Lipinski definition) is 3. The highest BCUT2D eigenvalue weighted by molar-refractivity contribution is 6.00. The monoisotopic (exact) mass is 280 g/mol. The predicted octanol–water partition coefficient (Wildman–Crippen LogP) is 2.74. The molecule has 0 unspecified atom stereocenters. The van der Waals surface area contributed by atoms with Gasteiger partial charge in [-0.05, 0) is 24.6 Å². The number of hydrogen-bond acceptors (Lipinski definition) is 3. The number of rotatable bonds is 6. The van der Waals surface area contributed by atoms with Crippen molar-refractivity contribution in [3.05, 3.63) is 23.8 Å². The summed E-state index contributed by atoms with van der Waals surface area (Å²) in [4.78, 5) is 24.5. The Morgan fingerprint density at radius 1 is 1.30 bits per heavy atom. The summed E-state index contributed by atoms with van der Waals surface area (Å²) in [5.74, 6) is -1.36. The fraction of sp³-hybridized carbons (Fsp3) is 0.429. The summed E-state index contributed by atoms with van der Waals surface area (Å²) in [6.45, 7) is 2.69. The first-order valence-corrected chi connectivity index (χ1v) is 6.54. The number of unbranched alkanes of at least 4 members (excludes halogenated alkanes) is 2. The third kappa shape index (κ3) is 4.46. The van der Waals surface area contributed by atoms with Crippen molar-refractivity contribution in [2.45, 2.75) is 26.2 Å². The van der Waals surface area contributed by atoms with E-state index in [1.165, 1.54) is 17.0 Å². The molecule has 0 aliphatic rings. The molecule has 1 aromatic rings. The van der Waals surface area contributed by atoms with Crippen LogP contribution in [0, 0.1) is 0 Å². The second-order valence-corrected chi connectivity index (χ2v) is 4.59. The van der Waals surface area contributed by atoms with Crippen LogP contribution in [-0.2, 0) is 0 Å². The molecule has 3 N–H and O–H groups in total. The number of benzene rings is 1. The normalized spacial score (nSPS) is 10.1. The van der Waals surface area contributed by atoms with Gasteiger partial charge in [0.25, 0.3) is 0 Å². The Balaban J connectivity index is 2.72. The first kappa shape index (κ1) is 15.8. The van der Waals surface area contributed by atoms with E-state index in [0.29, 0.717) is 6.54 Å². The largest absolute Gasteiger partial charge is 0.508 e. The van der Waals surface area contributed by atoms with Crippen LogP contribution >= 0.6 is 0 Å². The van der Waals surface area contributed by atoms with Crippen molar-refractivity contribution in [2.24, 2.45) is 0 Å². The van der Waals surface area contributed by atoms with Crippen molar-refractivity contribution in [2.75, 3.05) is 18.9 Å². The van der Waals surface area contributed by atoms with Gasteiger partial charge in [0.15, 0.2) is 0 Å². The number of urea groups is 1. The molecule has 110 valence electrons. The van der Waals surface area contributed by atoms with Gasteiger partial charge < -0.3 is 20.4 Å². The number of phenols is 1. The smallest absolute Gasteiger partial charge is 0.337 e. The van der Waals surface area contributed by atoms with Crippen LogP contribution in [0.15, 0.2) is 18.2 Å². The zero-order valence-electron chi connectivity index (χ0n) is 11.7. The number of nitrogens with one attached hydrogen (secondary N) is 1. The van der Waals surface area contributed by atoms with Gasteiger partial charge in [-0.3, -0.25) is 0 Å². The van der Waals surface area contributed by atoms with Crippen LogP contribution in [0.3, 0.4) is 0 Å². The molecule has 1 rings (SSSR count). The number of amides is 2. The van der Waals surface area contributed by atoms with Crippen molar-refractivity contribution >= 4 is 17.7 Å². The summed E-state index contributed by atoms with van der Waals surface area (Å²) in [5, 5.41) is 20.9. The van der Waals surface area contributed by atoms with E-state index in [4.69, 9.17) is 5.11 Å². The van der Waals surface area contributed by atoms with Crippen molar-refractivity contribution in [3.63, 3.8) is 0 Å². The quantitative estimate of drug-likeness (QED) is 0.552. The van der Waals surface area contributed by atoms with Crippen LogP contribution in [-0.4, -0.2) is 40.7 Å². The second kappa shape index (κ2) is 7.37. The lowest BCUT2D eigenvalue weighted by Crippen LogP contribution is -2.32. The first-order valence-electron chi connectivity index (χ1n) is 6.54. The molecule has 0 aromatic heterocycles. The van der Waals surface area contributed by atoms with Crippen molar-refractivity contribution in [1.82, 2.24) is 4.90 Å². The number of aromatic hydroxyl groups is 1. The maximum Gasteiger partial charge on any atom is 0.337 e. The van der Waals surface area contributed by atoms with E-state index in [9.17, 15) is 14.7 Å². The Hall–Kier alpha value is -2.24. The maximum atomic E-state index is 11.9. The number of aromatic carboxylic acids is 1. The van der Waals surface area contributed by atoms with Gasteiger partial charge in [-0.15, -0.1) is 0 Å². The predicted molar refractivity (Wildman–Crippen MR) is 76.2 cm³/mol. The van der Waals surface area contributed by atoms with E-state index >= 15 is 0 Å². The van der Waals surface area contributed by atoms with Gasteiger partial charge in [0, 0.05) is 13.6 Å². The number of carbonyl (C=O) groups excluding carboxylic acids is 1. The van der Waals surface area contributed by atoms with Gasteiger partial charge in [-0.25, -0.2) is 9.59 Å². The molecule has 0 saturated carbocycles. The maximum absolute atomic E-state index is 11.9. The molecule has 6 heteroatoms. The Labute approximate surface area is 118 Å². The number of carboxylic acids is 1. The van der Waals surface area contributed by atoms with Gasteiger partial charge in [-0.1, -0.05) is 19.8 Å². The second-order valence-electron chi connectivity index (χ2n) is 4.59. The Bertz CT molecular complexity index is 488. The van der Waals surface area contributed by atoms with Crippen molar-refractivity contribution in [1.29, 1.82) is 0 Å². The SMILES string of the molecule is CCCCCN(C)C(=O)Nc1ccc(O)cc1C(=O)O. The van der Waals surface area contributed by atoms with Crippen LogP contribution in [0.5, 0.6) is 5.75 Å². The number of anilines is 1. The van der Waals surface area contributed by atoms with Gasteiger partial charge >= 0.3 is 12.0 Å². The molecule has 0 spiro atoms. The zero-order valence-corrected chi connectivity index (χ0v) is 11.7. The number of carbonyl (C=O) groups is 2. The van der Waals surface area contributed by atoms with E-state index in [0.717, 1.165) is 25.3 Å². The van der Waals surface area contributed by atoms with E-state index in [1.54, 1.807) is 7.05 Å². The molecular weight excluding hydrogens is 260 g/mol. The van der Waals surface area contributed by atoms with E-state index in [-0.39, 0.29) is 23.0 Å². The minimum atomic E-state index is -1.20. The molecule has 0 radical (unpaired) electrons. The van der Waals surface area contributed by atoms with E-state index in [1.807, 2.05) is 0 Å². The lowest BCUT2D eigenvalue weighted by Gasteiger charge is -2.18. The summed E-state index contributed by atoms with van der Waals surface area (Å²) in [7, 11) is 1.66. The van der Waals surface area contributed by atoms with Crippen LogP contribution in [0.2, 0.25) is 0 Å². The minimum absolute atomic E-state index is 0.139. The van der Waals surface area contributed by atoms with Crippen LogP contribution in [0.25, 0.3) is 0 Å². The highest BCUT2D eigenvalue weighted by atomic mass is 16.4. The molecular formula is C14H20N2O4. The van der Waals surface area contributed by atoms with E-state index < -0.39 is 5.97 Å². The zero-order chi connectivity index (χ0) is 15.1. The number of phenolic OH excluding ortho intramolecular Hbond substituents is 1. The highest BCUT2D eigenvalue weighted by Gasteiger charge is 2.15. The van der Waals surface area contributed by atoms with Crippen LogP contribution in [0.1, 0.15) is 36.5 Å². The number of carboxylic acid groups (broad SMARTS) is 1. The van der Waals surface area contributed by atoms with Gasteiger partial charge in [0.1, 0.15) is 5.75 Å². The molecule has 0 aliphatic heterocycles. The molecule has 0 fully saturated rings. The molecule has 20 heavy (non-hydrogen) atoms. The molecule has 2 amide bonds. The average molecular weight is 280 g/mol. The van der Waals surface area contributed by atoms with Gasteiger partial charge in [0.05, 0.1) is 11.3 Å². The molecule has 6 nitrogen and oxygen atoms in total. The van der Waals surface area contributed by atoms with Gasteiger partial charge in [-0.2, -0.15) is 0 Å². The Kier molecular flexibility index (Phi) is 5.83. The molecule has 0 heterocycles. The lowest BCUT2D eigenvalue weighted by atomic mass is 10.1. The lowest BCUT2D eigenvalue weighted by molar-refractivity contribution is 0.0697. The Morgan fingerprint density at radius 3 is 2.60 bits per heavy atom. The van der Waals surface area contributed by atoms with Crippen LogP contribution < -0.4 is 5.32 Å². The third-order valence-electron chi connectivity index (χ3n) is 2.92. The average Bonchev–Trinajstić information content (AvgIpc) is 2.40. The topological polar surface area (TPSA) is 89.9 Å². The summed E-state index contributed by atoms with van der Waals surface area (Å²) < 4.78 is 0. The molecule has 1 aromatic carbocycles. The Morgan fingerprint density at radius 2 is 2.00 bits per heavy atom. The number of nitrogens with zero attached hydrogens (tertiary/aromatic N) is 1. The third-order valence-corrected chi connectivity index (χ3v) is 2.92. The van der Waals surface area contributed by atoms with Crippen molar-refractivity contribution < 1.29 is 19.8 Å². The fourth-order valence-electron chi connectivity index (χ4n) is 1.73. The first-order chi connectivity index (χ1) is 9.45. The summed E-state index contributed by atoms with van der Waals surface area (Å²) >= 11 is 0. The minimum Gasteiger partial charge on any atom is -0.508 e.